The molecule has 150 valence electrons. The Kier molecular flexibility index (Phi) is 5.79. The van der Waals surface area contributed by atoms with E-state index < -0.39 is 0 Å². The van der Waals surface area contributed by atoms with E-state index in [0.717, 1.165) is 30.6 Å². The highest BCUT2D eigenvalue weighted by molar-refractivity contribution is 6.40. The van der Waals surface area contributed by atoms with E-state index in [4.69, 9.17) is 28.3 Å². The molecule has 2 atom stereocenters. The molecule has 0 spiro atoms. The third-order valence-corrected chi connectivity index (χ3v) is 5.80. The molecule has 7 heteroatoms. The monoisotopic (exact) mass is 428 g/mol. The van der Waals surface area contributed by atoms with Crippen molar-refractivity contribution in [3.05, 3.63) is 76.4 Å². The van der Waals surface area contributed by atoms with Gasteiger partial charge in [-0.25, -0.2) is 0 Å². The SMILES string of the molecule is C[C@@H]1C(C(=O)NN2C=CCCC2)=NN(c2ccccc2Cl)[C@@H]1c1ccc(Cl)cc1. The Morgan fingerprint density at radius 1 is 1.14 bits per heavy atom. The number of hydrazone groups is 1. The summed E-state index contributed by atoms with van der Waals surface area (Å²) in [4.78, 5) is 13.0. The Hall–Kier alpha value is -2.50. The quantitative estimate of drug-likeness (QED) is 0.728. The second kappa shape index (κ2) is 8.47. The lowest BCUT2D eigenvalue weighted by Gasteiger charge is -2.28. The number of hydrogen-bond acceptors (Lipinski definition) is 4. The summed E-state index contributed by atoms with van der Waals surface area (Å²) >= 11 is 12.5. The molecule has 0 saturated heterocycles. The maximum Gasteiger partial charge on any atom is 0.286 e. The van der Waals surface area contributed by atoms with Crippen molar-refractivity contribution in [2.75, 3.05) is 11.6 Å². The van der Waals surface area contributed by atoms with Crippen molar-refractivity contribution in [1.82, 2.24) is 10.4 Å². The van der Waals surface area contributed by atoms with E-state index in [2.05, 4.69) is 11.5 Å². The number of nitrogens with one attached hydrogen (secondary N) is 1. The molecule has 0 bridgehead atoms. The Labute approximate surface area is 180 Å². The molecule has 4 rings (SSSR count). The van der Waals surface area contributed by atoms with Gasteiger partial charge in [0.05, 0.1) is 16.8 Å². The maximum absolute atomic E-state index is 13.0. The number of allylic oxidation sites excluding steroid dienone is 1. The number of hydrazine groups is 1. The van der Waals surface area contributed by atoms with Crippen molar-refractivity contribution in [3.8, 4) is 0 Å². The summed E-state index contributed by atoms with van der Waals surface area (Å²) in [7, 11) is 0. The van der Waals surface area contributed by atoms with Gasteiger partial charge in [0.1, 0.15) is 5.71 Å². The van der Waals surface area contributed by atoms with Crippen LogP contribution in [0.4, 0.5) is 5.69 Å². The Morgan fingerprint density at radius 3 is 2.59 bits per heavy atom. The molecule has 2 aromatic carbocycles. The summed E-state index contributed by atoms with van der Waals surface area (Å²) in [6.45, 7) is 2.80. The van der Waals surface area contributed by atoms with Crippen LogP contribution in [0.1, 0.15) is 31.4 Å². The third-order valence-electron chi connectivity index (χ3n) is 5.23. The molecule has 0 unspecified atom stereocenters. The van der Waals surface area contributed by atoms with E-state index in [1.807, 2.05) is 71.7 Å². The van der Waals surface area contributed by atoms with Crippen LogP contribution in [0, 0.1) is 5.92 Å². The van der Waals surface area contributed by atoms with Gasteiger partial charge in [0.2, 0.25) is 0 Å². The minimum Gasteiger partial charge on any atom is -0.293 e. The van der Waals surface area contributed by atoms with E-state index in [1.165, 1.54) is 0 Å². The fourth-order valence-corrected chi connectivity index (χ4v) is 4.10. The molecule has 0 aromatic heterocycles. The van der Waals surface area contributed by atoms with Gasteiger partial charge in [-0.05, 0) is 42.7 Å². The van der Waals surface area contributed by atoms with Crippen LogP contribution in [0.3, 0.4) is 0 Å². The van der Waals surface area contributed by atoms with Crippen LogP contribution in [0.5, 0.6) is 0 Å². The van der Waals surface area contributed by atoms with Gasteiger partial charge in [-0.2, -0.15) is 5.10 Å². The number of amides is 1. The number of rotatable bonds is 4. The normalized spacial score (nSPS) is 21.3. The van der Waals surface area contributed by atoms with Gasteiger partial charge in [-0.1, -0.05) is 60.5 Å². The van der Waals surface area contributed by atoms with Crippen LogP contribution in [0.15, 0.2) is 65.9 Å². The van der Waals surface area contributed by atoms with Crippen LogP contribution in [0.2, 0.25) is 10.0 Å². The summed E-state index contributed by atoms with van der Waals surface area (Å²) in [6, 6.07) is 15.0. The molecule has 0 aliphatic carbocycles. The number of halogens is 2. The third kappa shape index (κ3) is 4.11. The van der Waals surface area contributed by atoms with Gasteiger partial charge in [0, 0.05) is 23.7 Å². The first-order chi connectivity index (χ1) is 14.0. The van der Waals surface area contributed by atoms with Gasteiger partial charge >= 0.3 is 0 Å². The highest BCUT2D eigenvalue weighted by Gasteiger charge is 2.40. The average molecular weight is 429 g/mol. The highest BCUT2D eigenvalue weighted by Crippen LogP contribution is 2.41. The van der Waals surface area contributed by atoms with E-state index >= 15 is 0 Å². The molecule has 2 aliphatic rings. The van der Waals surface area contributed by atoms with Crippen molar-refractivity contribution in [2.45, 2.75) is 25.8 Å². The number of benzene rings is 2. The molecule has 2 heterocycles. The number of hydrogen-bond donors (Lipinski definition) is 1. The summed E-state index contributed by atoms with van der Waals surface area (Å²) < 4.78 is 0. The van der Waals surface area contributed by atoms with E-state index in [1.54, 1.807) is 0 Å². The summed E-state index contributed by atoms with van der Waals surface area (Å²) in [6.07, 6.45) is 6.00. The minimum absolute atomic E-state index is 0.138. The zero-order chi connectivity index (χ0) is 20.4. The van der Waals surface area contributed by atoms with Crippen LogP contribution in [-0.2, 0) is 4.79 Å². The van der Waals surface area contributed by atoms with E-state index in [9.17, 15) is 4.79 Å². The molecule has 1 N–H and O–H groups in total. The van der Waals surface area contributed by atoms with E-state index in [-0.39, 0.29) is 17.9 Å². The molecular weight excluding hydrogens is 407 g/mol. The number of nitrogens with zero attached hydrogens (tertiary/aromatic N) is 3. The van der Waals surface area contributed by atoms with Crippen molar-refractivity contribution >= 4 is 40.5 Å². The summed E-state index contributed by atoms with van der Waals surface area (Å²) in [5.41, 5.74) is 5.22. The van der Waals surface area contributed by atoms with Crippen molar-refractivity contribution in [2.24, 2.45) is 11.0 Å². The number of carbonyl (C=O) groups excluding carboxylic acids is 1. The second-order valence-electron chi connectivity index (χ2n) is 7.23. The molecule has 1 amide bonds. The molecule has 0 saturated carbocycles. The zero-order valence-corrected chi connectivity index (χ0v) is 17.6. The predicted octanol–water partition coefficient (Wildman–Crippen LogP) is 5.19. The standard InChI is InChI=1S/C22H22Cl2N4O/c1-15-20(22(29)26-27-13-5-2-6-14-27)25-28(19-8-4-3-7-18(19)24)21(15)16-9-11-17(23)12-10-16/h3-5,7-13,15,21H,2,6,14H2,1H3,(H,26,29)/t15-,21+/m1/s1. The zero-order valence-electron chi connectivity index (χ0n) is 16.1. The Balaban J connectivity index is 1.68. The van der Waals surface area contributed by atoms with Gasteiger partial charge in [0.15, 0.2) is 0 Å². The number of anilines is 1. The largest absolute Gasteiger partial charge is 0.293 e. The lowest BCUT2D eigenvalue weighted by atomic mass is 9.91. The van der Waals surface area contributed by atoms with Crippen molar-refractivity contribution in [3.63, 3.8) is 0 Å². The average Bonchev–Trinajstić information content (AvgIpc) is 3.07. The number of para-hydroxylation sites is 1. The minimum atomic E-state index is -0.197. The molecule has 2 aliphatic heterocycles. The molecule has 2 aromatic rings. The van der Waals surface area contributed by atoms with E-state index in [0.29, 0.717) is 15.8 Å². The van der Waals surface area contributed by atoms with Crippen LogP contribution >= 0.6 is 23.2 Å². The summed E-state index contributed by atoms with van der Waals surface area (Å²) in [5, 5.41) is 9.63. The molecule has 29 heavy (non-hydrogen) atoms. The maximum atomic E-state index is 13.0. The second-order valence-corrected chi connectivity index (χ2v) is 8.07. The summed E-state index contributed by atoms with van der Waals surface area (Å²) in [5.74, 6) is -0.334. The predicted molar refractivity (Wildman–Crippen MR) is 118 cm³/mol. The van der Waals surface area contributed by atoms with Crippen LogP contribution < -0.4 is 10.4 Å². The highest BCUT2D eigenvalue weighted by atomic mass is 35.5. The number of carbonyl (C=O) groups is 1. The Bertz CT molecular complexity index is 958. The molecule has 0 radical (unpaired) electrons. The fourth-order valence-electron chi connectivity index (χ4n) is 3.75. The van der Waals surface area contributed by atoms with Gasteiger partial charge in [-0.3, -0.25) is 20.2 Å². The van der Waals surface area contributed by atoms with Gasteiger partial charge in [-0.15, -0.1) is 0 Å². The van der Waals surface area contributed by atoms with Crippen LogP contribution in [0.25, 0.3) is 0 Å². The molecular formula is C22H22Cl2N4O. The lowest BCUT2D eigenvalue weighted by molar-refractivity contribution is -0.118. The molecule has 5 nitrogen and oxygen atoms in total. The first-order valence-electron chi connectivity index (χ1n) is 9.66. The lowest BCUT2D eigenvalue weighted by Crippen LogP contribution is -2.44. The van der Waals surface area contributed by atoms with Gasteiger partial charge < -0.3 is 0 Å². The van der Waals surface area contributed by atoms with Gasteiger partial charge in [0.25, 0.3) is 5.91 Å². The topological polar surface area (TPSA) is 47.9 Å². The first-order valence-corrected chi connectivity index (χ1v) is 10.4. The first kappa shape index (κ1) is 19.8. The van der Waals surface area contributed by atoms with Crippen molar-refractivity contribution in [1.29, 1.82) is 0 Å². The van der Waals surface area contributed by atoms with Crippen LogP contribution in [-0.4, -0.2) is 23.2 Å². The Morgan fingerprint density at radius 2 is 1.90 bits per heavy atom. The smallest absolute Gasteiger partial charge is 0.286 e. The molecule has 0 fully saturated rings. The fraction of sp³-hybridized carbons (Fsp3) is 0.273. The van der Waals surface area contributed by atoms with Crippen molar-refractivity contribution < 1.29 is 4.79 Å².